The molecule has 0 aromatic carbocycles. The van der Waals surface area contributed by atoms with Gasteiger partial charge in [-0.1, -0.05) is 64.1 Å². The Morgan fingerprint density at radius 2 is 1.83 bits per heavy atom. The van der Waals surface area contributed by atoms with Gasteiger partial charge < -0.3 is 5.32 Å². The van der Waals surface area contributed by atoms with E-state index in [2.05, 4.69) is 5.32 Å². The lowest BCUT2D eigenvalue weighted by atomic mass is 10.2. The zero-order valence-corrected chi connectivity index (χ0v) is 9.40. The van der Waals surface area contributed by atoms with Crippen LogP contribution >= 0.6 is 58.0 Å². The van der Waals surface area contributed by atoms with Crippen LogP contribution < -0.4 is 5.32 Å². The Morgan fingerprint density at radius 3 is 2.17 bits per heavy atom. The zero-order chi connectivity index (χ0) is 9.41. The molecule has 0 atom stereocenters. The number of nitrogens with one attached hydrogen (secondary N) is 1. The molecule has 0 radical (unpaired) electrons. The first kappa shape index (κ1) is 10.8. The van der Waals surface area contributed by atoms with Gasteiger partial charge in [-0.25, -0.2) is 0 Å². The first-order valence-corrected chi connectivity index (χ1v) is 4.82. The molecule has 0 aromatic heterocycles. The molecule has 0 saturated carbocycles. The van der Waals surface area contributed by atoms with Crippen LogP contribution in [0.2, 0.25) is 0 Å². The van der Waals surface area contributed by atoms with Crippen LogP contribution in [0.5, 0.6) is 0 Å². The molecular formula is C6H4Cl5N. The number of allylic oxidation sites excluding steroid dienone is 2. The van der Waals surface area contributed by atoms with Gasteiger partial charge in [-0.3, -0.25) is 0 Å². The molecule has 0 aliphatic carbocycles. The van der Waals surface area contributed by atoms with Gasteiger partial charge in [0.1, 0.15) is 0 Å². The largest absolute Gasteiger partial charge is 0.357 e. The molecule has 0 spiro atoms. The second-order valence-electron chi connectivity index (χ2n) is 2.20. The highest BCUT2D eigenvalue weighted by molar-refractivity contribution is 6.69. The average molecular weight is 267 g/mol. The molecule has 0 saturated heterocycles. The molecule has 1 aliphatic heterocycles. The summed E-state index contributed by atoms with van der Waals surface area (Å²) >= 11 is 28.1. The molecule has 0 amide bonds. The van der Waals surface area contributed by atoms with Gasteiger partial charge in [-0.15, -0.1) is 0 Å². The Morgan fingerprint density at radius 1 is 1.25 bits per heavy atom. The molecule has 0 fully saturated rings. The summed E-state index contributed by atoms with van der Waals surface area (Å²) in [7, 11) is 0. The Kier molecular flexibility index (Phi) is 3.12. The molecule has 0 aromatic rings. The van der Waals surface area contributed by atoms with Crippen LogP contribution in [0.25, 0.3) is 0 Å². The van der Waals surface area contributed by atoms with Crippen molar-refractivity contribution in [2.45, 2.75) is 8.25 Å². The van der Waals surface area contributed by atoms with E-state index in [1.807, 2.05) is 0 Å². The van der Waals surface area contributed by atoms with E-state index in [9.17, 15) is 0 Å². The van der Waals surface area contributed by atoms with E-state index in [0.717, 1.165) is 0 Å². The van der Waals surface area contributed by atoms with E-state index >= 15 is 0 Å². The van der Waals surface area contributed by atoms with Gasteiger partial charge in [0, 0.05) is 11.8 Å². The van der Waals surface area contributed by atoms with Gasteiger partial charge in [0.2, 0.25) is 8.25 Å². The molecule has 1 N–H and O–H groups in total. The summed E-state index contributed by atoms with van der Waals surface area (Å²) in [5, 5.41) is 2.64. The third kappa shape index (κ3) is 2.90. The Labute approximate surface area is 95.2 Å². The Balaban J connectivity index is 2.78. The van der Waals surface area contributed by atoms with Gasteiger partial charge in [0.25, 0.3) is 0 Å². The summed E-state index contributed by atoms with van der Waals surface area (Å²) in [5.41, 5.74) is 0.490. The number of dihydropyridines is 1. The number of halogens is 5. The van der Waals surface area contributed by atoms with Crippen LogP contribution in [-0.2, 0) is 0 Å². The molecule has 1 aliphatic rings. The van der Waals surface area contributed by atoms with E-state index in [4.69, 9.17) is 58.0 Å². The molecule has 0 unspecified atom stereocenters. The molecule has 68 valence electrons. The van der Waals surface area contributed by atoms with Gasteiger partial charge in [-0.05, 0) is 6.08 Å². The number of rotatable bonds is 0. The lowest BCUT2D eigenvalue weighted by molar-refractivity contribution is 0.817. The minimum absolute atomic E-state index is 0.490. The molecule has 12 heavy (non-hydrogen) atoms. The topological polar surface area (TPSA) is 12.0 Å². The molecule has 1 rings (SSSR count). The van der Waals surface area contributed by atoms with Crippen LogP contribution in [0.1, 0.15) is 0 Å². The van der Waals surface area contributed by atoms with Crippen molar-refractivity contribution in [3.05, 3.63) is 23.9 Å². The van der Waals surface area contributed by atoms with Crippen LogP contribution in [0.4, 0.5) is 0 Å². The van der Waals surface area contributed by atoms with Crippen molar-refractivity contribution in [3.63, 3.8) is 0 Å². The van der Waals surface area contributed by atoms with Crippen molar-refractivity contribution in [1.29, 1.82) is 0 Å². The fraction of sp³-hybridized carbons (Fsp3) is 0.333. The molecule has 1 heterocycles. The maximum Gasteiger partial charge on any atom is 0.217 e. The highest BCUT2D eigenvalue weighted by Crippen LogP contribution is 2.37. The Bertz CT molecular complexity index is 237. The van der Waals surface area contributed by atoms with E-state index in [1.54, 1.807) is 6.08 Å². The second-order valence-corrected chi connectivity index (χ2v) is 5.87. The maximum atomic E-state index is 5.68. The lowest BCUT2D eigenvalue weighted by Crippen LogP contribution is -2.31. The van der Waals surface area contributed by atoms with Crippen molar-refractivity contribution in [1.82, 2.24) is 5.32 Å². The average Bonchev–Trinajstić information content (AvgIpc) is 1.83. The van der Waals surface area contributed by atoms with Crippen LogP contribution in [0, 0.1) is 0 Å². The first-order chi connectivity index (χ1) is 5.31. The van der Waals surface area contributed by atoms with Crippen molar-refractivity contribution >= 4 is 58.0 Å². The minimum Gasteiger partial charge on any atom is -0.357 e. The van der Waals surface area contributed by atoms with E-state index in [-0.39, 0.29) is 0 Å². The SMILES string of the molecule is ClC1(Cl)C=CC(C(Cl)(Cl)Cl)=CN1. The van der Waals surface area contributed by atoms with Gasteiger partial charge in [0.15, 0.2) is 0 Å². The van der Waals surface area contributed by atoms with Gasteiger partial charge >= 0.3 is 0 Å². The van der Waals surface area contributed by atoms with E-state index < -0.39 is 8.25 Å². The van der Waals surface area contributed by atoms with Crippen molar-refractivity contribution in [2.75, 3.05) is 0 Å². The van der Waals surface area contributed by atoms with Crippen LogP contribution in [-0.4, -0.2) is 8.25 Å². The quantitative estimate of drug-likeness (QED) is 0.523. The number of hydrogen-bond acceptors (Lipinski definition) is 1. The zero-order valence-electron chi connectivity index (χ0n) is 5.62. The normalized spacial score (nSPS) is 21.6. The molecule has 6 heteroatoms. The Hall–Kier alpha value is 0.730. The predicted molar refractivity (Wildman–Crippen MR) is 55.1 cm³/mol. The lowest BCUT2D eigenvalue weighted by Gasteiger charge is -2.23. The van der Waals surface area contributed by atoms with Gasteiger partial charge in [0.05, 0.1) is 0 Å². The standard InChI is InChI=1S/C6H4Cl5N/c7-5(8)2-1-4(3-12-5)6(9,10)11/h1-3,12H. The third-order valence-electron chi connectivity index (χ3n) is 1.22. The highest BCUT2D eigenvalue weighted by atomic mass is 35.6. The summed E-state index contributed by atoms with van der Waals surface area (Å²) in [6.07, 6.45) is 4.52. The summed E-state index contributed by atoms with van der Waals surface area (Å²) in [4.78, 5) is 0. The summed E-state index contributed by atoms with van der Waals surface area (Å²) in [5.74, 6) is 0. The fourth-order valence-electron chi connectivity index (χ4n) is 0.641. The minimum atomic E-state index is -1.45. The molecular weight excluding hydrogens is 263 g/mol. The van der Waals surface area contributed by atoms with Crippen LogP contribution in [0.3, 0.4) is 0 Å². The third-order valence-corrected chi connectivity index (χ3v) is 2.34. The van der Waals surface area contributed by atoms with Gasteiger partial charge in [-0.2, -0.15) is 0 Å². The summed E-state index contributed by atoms with van der Waals surface area (Å²) in [6.45, 7) is 0. The number of hydrogen-bond donors (Lipinski definition) is 1. The smallest absolute Gasteiger partial charge is 0.217 e. The maximum absolute atomic E-state index is 5.68. The molecule has 0 bridgehead atoms. The summed E-state index contributed by atoms with van der Waals surface area (Å²) in [6, 6.07) is 0. The summed E-state index contributed by atoms with van der Waals surface area (Å²) < 4.78 is -2.56. The predicted octanol–water partition coefficient (Wildman–Crippen LogP) is 3.53. The van der Waals surface area contributed by atoms with Crippen molar-refractivity contribution in [2.24, 2.45) is 0 Å². The highest BCUT2D eigenvalue weighted by Gasteiger charge is 2.29. The number of alkyl halides is 5. The monoisotopic (exact) mass is 265 g/mol. The molecule has 1 nitrogen and oxygen atoms in total. The fourth-order valence-corrected chi connectivity index (χ4v) is 1.23. The van der Waals surface area contributed by atoms with Crippen LogP contribution in [0.15, 0.2) is 23.9 Å². The van der Waals surface area contributed by atoms with E-state index in [0.29, 0.717) is 5.57 Å². The van der Waals surface area contributed by atoms with Crippen molar-refractivity contribution in [3.8, 4) is 0 Å². The first-order valence-electron chi connectivity index (χ1n) is 2.93. The van der Waals surface area contributed by atoms with E-state index in [1.165, 1.54) is 12.3 Å². The van der Waals surface area contributed by atoms with Crippen molar-refractivity contribution < 1.29 is 0 Å². The second kappa shape index (κ2) is 3.47.